The maximum absolute atomic E-state index is 5.04. The lowest BCUT2D eigenvalue weighted by atomic mass is 9.95. The Morgan fingerprint density at radius 2 is 1.90 bits per heavy atom. The van der Waals surface area contributed by atoms with Crippen molar-refractivity contribution in [2.45, 2.75) is 27.2 Å². The van der Waals surface area contributed by atoms with Gasteiger partial charge in [-0.1, -0.05) is 33.0 Å². The fourth-order valence-corrected chi connectivity index (χ4v) is 0.893. The minimum atomic E-state index is 0.694. The van der Waals surface area contributed by atoms with Gasteiger partial charge in [0.2, 0.25) is 0 Å². The number of hydrogen-bond acceptors (Lipinski definition) is 1. The van der Waals surface area contributed by atoms with Crippen molar-refractivity contribution in [3.8, 4) is 0 Å². The highest BCUT2D eigenvalue weighted by molar-refractivity contribution is 7.80. The molecule has 0 saturated carbocycles. The molecule has 60 valence electrons. The monoisotopic (exact) mass is 159 g/mol. The summed E-state index contributed by atoms with van der Waals surface area (Å²) in [7, 11) is 1.88. The van der Waals surface area contributed by atoms with Gasteiger partial charge < -0.3 is 5.32 Å². The Labute approximate surface area is 69.2 Å². The van der Waals surface area contributed by atoms with Gasteiger partial charge in [-0.05, 0) is 11.8 Å². The molecule has 0 aliphatic heterocycles. The van der Waals surface area contributed by atoms with Crippen LogP contribution < -0.4 is 5.32 Å². The van der Waals surface area contributed by atoms with Crippen molar-refractivity contribution in [2.75, 3.05) is 7.05 Å². The maximum atomic E-state index is 5.04. The number of nitrogens with one attached hydrogen (secondary N) is 1. The first kappa shape index (κ1) is 9.89. The molecule has 0 heterocycles. The molecule has 0 amide bonds. The Bertz CT molecular complexity index is 110. The molecule has 0 radical (unpaired) electrons. The molecular weight excluding hydrogens is 142 g/mol. The van der Waals surface area contributed by atoms with Crippen molar-refractivity contribution in [1.29, 1.82) is 0 Å². The summed E-state index contributed by atoms with van der Waals surface area (Å²) < 4.78 is 0. The van der Waals surface area contributed by atoms with Gasteiger partial charge >= 0.3 is 0 Å². The zero-order valence-electron chi connectivity index (χ0n) is 7.27. The van der Waals surface area contributed by atoms with Crippen LogP contribution in [0.25, 0.3) is 0 Å². The molecule has 1 unspecified atom stereocenters. The summed E-state index contributed by atoms with van der Waals surface area (Å²) in [6.07, 6.45) is 1.02. The Morgan fingerprint density at radius 3 is 2.20 bits per heavy atom. The lowest BCUT2D eigenvalue weighted by Crippen LogP contribution is -2.20. The minimum Gasteiger partial charge on any atom is -0.383 e. The van der Waals surface area contributed by atoms with Crippen LogP contribution in [-0.4, -0.2) is 12.0 Å². The topological polar surface area (TPSA) is 12.0 Å². The zero-order chi connectivity index (χ0) is 8.15. The van der Waals surface area contributed by atoms with Gasteiger partial charge in [-0.3, -0.25) is 0 Å². The Kier molecular flexibility index (Phi) is 4.62. The molecule has 0 spiro atoms. The van der Waals surface area contributed by atoms with Crippen LogP contribution in [0.2, 0.25) is 0 Å². The third-order valence-corrected chi connectivity index (χ3v) is 2.30. The van der Waals surface area contributed by atoms with Gasteiger partial charge in [-0.2, -0.15) is 0 Å². The van der Waals surface area contributed by atoms with E-state index >= 15 is 0 Å². The van der Waals surface area contributed by atoms with E-state index in [1.807, 2.05) is 7.05 Å². The fraction of sp³-hybridized carbons (Fsp3) is 0.875. The second-order valence-electron chi connectivity index (χ2n) is 3.10. The Morgan fingerprint density at radius 1 is 1.40 bits per heavy atom. The summed E-state index contributed by atoms with van der Waals surface area (Å²) >= 11 is 5.04. The molecular formula is C8H17NS. The molecule has 0 aromatic rings. The quantitative estimate of drug-likeness (QED) is 0.634. The van der Waals surface area contributed by atoms with Crippen LogP contribution in [0.1, 0.15) is 27.2 Å². The summed E-state index contributed by atoms with van der Waals surface area (Å²) in [4.78, 5) is 0.973. The van der Waals surface area contributed by atoms with Crippen molar-refractivity contribution >= 4 is 17.2 Å². The fourth-order valence-electron chi connectivity index (χ4n) is 0.630. The van der Waals surface area contributed by atoms with Crippen molar-refractivity contribution in [2.24, 2.45) is 11.8 Å². The van der Waals surface area contributed by atoms with Crippen LogP contribution in [0.15, 0.2) is 0 Å². The van der Waals surface area contributed by atoms with E-state index in [9.17, 15) is 0 Å². The van der Waals surface area contributed by atoms with Crippen molar-refractivity contribution < 1.29 is 0 Å². The molecule has 0 aromatic carbocycles. The summed E-state index contributed by atoms with van der Waals surface area (Å²) in [6.45, 7) is 6.68. The molecule has 1 atom stereocenters. The van der Waals surface area contributed by atoms with E-state index < -0.39 is 0 Å². The smallest absolute Gasteiger partial charge is 0.0753 e. The van der Waals surface area contributed by atoms with Gasteiger partial charge in [0.25, 0.3) is 0 Å². The predicted octanol–water partition coefficient (Wildman–Crippen LogP) is 2.22. The normalized spacial score (nSPS) is 13.3. The van der Waals surface area contributed by atoms with E-state index in [0.29, 0.717) is 5.92 Å². The molecule has 0 aliphatic carbocycles. The molecule has 2 heteroatoms. The van der Waals surface area contributed by atoms with Crippen LogP contribution in [-0.2, 0) is 0 Å². The number of thiocarbonyl (C=S) groups is 1. The van der Waals surface area contributed by atoms with E-state index in [-0.39, 0.29) is 0 Å². The third kappa shape index (κ3) is 3.83. The van der Waals surface area contributed by atoms with E-state index in [0.717, 1.165) is 17.3 Å². The molecule has 0 rings (SSSR count). The van der Waals surface area contributed by atoms with Gasteiger partial charge in [0.05, 0.1) is 4.99 Å². The van der Waals surface area contributed by atoms with Crippen molar-refractivity contribution in [1.82, 2.24) is 5.32 Å². The van der Waals surface area contributed by atoms with Gasteiger partial charge in [0.15, 0.2) is 0 Å². The highest BCUT2D eigenvalue weighted by atomic mass is 32.1. The highest BCUT2D eigenvalue weighted by Gasteiger charge is 2.07. The first-order chi connectivity index (χ1) is 4.57. The Balaban J connectivity index is 3.57. The molecule has 0 bridgehead atoms. The molecule has 10 heavy (non-hydrogen) atoms. The Hall–Kier alpha value is -0.110. The largest absolute Gasteiger partial charge is 0.383 e. The first-order valence-electron chi connectivity index (χ1n) is 3.78. The summed E-state index contributed by atoms with van der Waals surface area (Å²) in [5, 5.41) is 2.98. The van der Waals surface area contributed by atoms with Crippen molar-refractivity contribution in [3.05, 3.63) is 0 Å². The summed E-state index contributed by atoms with van der Waals surface area (Å²) in [5.74, 6) is 1.42. The minimum absolute atomic E-state index is 0.694. The van der Waals surface area contributed by atoms with Gasteiger partial charge in [0, 0.05) is 13.5 Å². The summed E-state index contributed by atoms with van der Waals surface area (Å²) in [5.41, 5.74) is 0. The van der Waals surface area contributed by atoms with Gasteiger partial charge in [0.1, 0.15) is 0 Å². The number of rotatable bonds is 3. The summed E-state index contributed by atoms with van der Waals surface area (Å²) in [6, 6.07) is 0. The van der Waals surface area contributed by atoms with E-state index in [1.54, 1.807) is 0 Å². The average molecular weight is 159 g/mol. The lowest BCUT2D eigenvalue weighted by Gasteiger charge is -2.15. The molecule has 0 aromatic heterocycles. The van der Waals surface area contributed by atoms with E-state index in [1.165, 1.54) is 0 Å². The molecule has 1 N–H and O–H groups in total. The second-order valence-corrected chi connectivity index (χ2v) is 3.59. The van der Waals surface area contributed by atoms with Crippen molar-refractivity contribution in [3.63, 3.8) is 0 Å². The van der Waals surface area contributed by atoms with Crippen LogP contribution in [0.5, 0.6) is 0 Å². The van der Waals surface area contributed by atoms with Gasteiger partial charge in [-0.15, -0.1) is 0 Å². The van der Waals surface area contributed by atoms with Crippen LogP contribution in [0.3, 0.4) is 0 Å². The van der Waals surface area contributed by atoms with Crippen LogP contribution in [0.4, 0.5) is 0 Å². The lowest BCUT2D eigenvalue weighted by molar-refractivity contribution is 0.432. The third-order valence-electron chi connectivity index (χ3n) is 1.92. The van der Waals surface area contributed by atoms with E-state index in [4.69, 9.17) is 12.2 Å². The molecule has 1 nitrogen and oxygen atoms in total. The van der Waals surface area contributed by atoms with Gasteiger partial charge in [-0.25, -0.2) is 0 Å². The average Bonchev–Trinajstić information content (AvgIpc) is 1.87. The second kappa shape index (κ2) is 4.67. The zero-order valence-corrected chi connectivity index (χ0v) is 8.09. The van der Waals surface area contributed by atoms with Crippen LogP contribution in [0, 0.1) is 11.8 Å². The first-order valence-corrected chi connectivity index (χ1v) is 4.19. The SMILES string of the molecule is CNC(=S)CC(C)C(C)C. The molecule has 0 fully saturated rings. The number of hydrogen-bond donors (Lipinski definition) is 1. The maximum Gasteiger partial charge on any atom is 0.0753 e. The molecule has 0 saturated heterocycles. The van der Waals surface area contributed by atoms with E-state index in [2.05, 4.69) is 26.1 Å². The highest BCUT2D eigenvalue weighted by Crippen LogP contribution is 2.13. The van der Waals surface area contributed by atoms with Crippen LogP contribution >= 0.6 is 12.2 Å². The standard InChI is InChI=1S/C8H17NS/c1-6(2)7(3)5-8(10)9-4/h6-7H,5H2,1-4H3,(H,9,10). The molecule has 0 aliphatic rings. The predicted molar refractivity (Wildman–Crippen MR) is 50.3 cm³/mol.